The molecule has 3 aromatic rings. The summed E-state index contributed by atoms with van der Waals surface area (Å²) in [6, 6.07) is 16.5. The van der Waals surface area contributed by atoms with Crippen LogP contribution >= 0.6 is 0 Å². The van der Waals surface area contributed by atoms with Gasteiger partial charge in [-0.05, 0) is 68.1 Å². The van der Waals surface area contributed by atoms with Crippen LogP contribution in [0.2, 0.25) is 0 Å². The zero-order chi connectivity index (χ0) is 27.4. The number of aliphatic imine (C=N–C) groups is 1. The molecule has 0 bridgehead atoms. The molecule has 3 N–H and O–H groups in total. The highest BCUT2D eigenvalue weighted by Gasteiger charge is 2.40. The Morgan fingerprint density at radius 2 is 1.66 bits per heavy atom. The predicted octanol–water partition coefficient (Wildman–Crippen LogP) is 6.62. The Morgan fingerprint density at radius 1 is 1.03 bits per heavy atom. The van der Waals surface area contributed by atoms with Crippen LogP contribution in [0, 0.1) is 26.2 Å². The Morgan fingerprint density at radius 3 is 2.26 bits per heavy atom. The third-order valence-corrected chi connectivity index (χ3v) is 6.02. The molecule has 0 aromatic heterocycles. The van der Waals surface area contributed by atoms with Crippen LogP contribution < -0.4 is 20.1 Å². The van der Waals surface area contributed by atoms with Crippen molar-refractivity contribution in [2.45, 2.75) is 45.5 Å². The van der Waals surface area contributed by atoms with Crippen molar-refractivity contribution in [1.82, 2.24) is 5.32 Å². The van der Waals surface area contributed by atoms with Gasteiger partial charge in [-0.1, -0.05) is 42.0 Å². The van der Waals surface area contributed by atoms with Crippen molar-refractivity contribution >= 4 is 24.0 Å². The molecule has 3 aromatic carbocycles. The number of amides is 1. The van der Waals surface area contributed by atoms with Crippen LogP contribution in [-0.4, -0.2) is 30.7 Å². The van der Waals surface area contributed by atoms with Crippen molar-refractivity contribution in [2.24, 2.45) is 4.99 Å². The molecule has 0 saturated heterocycles. The van der Waals surface area contributed by atoms with Crippen LogP contribution in [0.1, 0.15) is 40.2 Å². The first-order valence-corrected chi connectivity index (χ1v) is 11.9. The molecule has 0 spiro atoms. The van der Waals surface area contributed by atoms with Crippen molar-refractivity contribution < 1.29 is 27.4 Å². The lowest BCUT2D eigenvalue weighted by Gasteiger charge is -2.12. The van der Waals surface area contributed by atoms with E-state index in [0.717, 1.165) is 28.7 Å². The number of benzene rings is 3. The zero-order valence-electron chi connectivity index (χ0n) is 21.0. The topological polar surface area (TPSA) is 95.8 Å². The van der Waals surface area contributed by atoms with Gasteiger partial charge in [0.15, 0.2) is 5.84 Å². The highest BCUT2D eigenvalue weighted by atomic mass is 19.4. The van der Waals surface area contributed by atoms with Gasteiger partial charge in [0.2, 0.25) is 0 Å². The summed E-state index contributed by atoms with van der Waals surface area (Å²) in [5, 5.41) is 13.9. The Labute approximate surface area is 218 Å². The standard InChI is InChI=1S/C28H27F3N4O3/c1-16-12-17(2)25(18(3)13-16)37-27(36)35-24-14-23(24)19-4-6-20(7-5-19)26(32)34-15-33-21-8-10-22(11-9-21)38-28(29,30)31/h4-13,15,23-24H,14H2,1-3H3,(H,35,36)(H2,32,33,34). The molecule has 7 nitrogen and oxygen atoms in total. The first kappa shape index (κ1) is 26.7. The number of ether oxygens (including phenoxy) is 2. The molecule has 2 unspecified atom stereocenters. The zero-order valence-corrected chi connectivity index (χ0v) is 21.0. The lowest BCUT2D eigenvalue weighted by Crippen LogP contribution is -2.30. The molecule has 4 rings (SSSR count). The number of hydrogen-bond acceptors (Lipinski definition) is 4. The lowest BCUT2D eigenvalue weighted by molar-refractivity contribution is -0.274. The number of halogens is 3. The van der Waals surface area contributed by atoms with Crippen molar-refractivity contribution in [3.05, 3.63) is 88.5 Å². The number of hydrogen-bond donors (Lipinski definition) is 3. The molecule has 0 aliphatic heterocycles. The maximum Gasteiger partial charge on any atom is 0.573 e. The van der Waals surface area contributed by atoms with Crippen LogP contribution in [0.3, 0.4) is 0 Å². The average Bonchev–Trinajstić information content (AvgIpc) is 3.60. The number of amidine groups is 1. The number of nitrogens with one attached hydrogen (secondary N) is 3. The molecular weight excluding hydrogens is 497 g/mol. The molecule has 2 atom stereocenters. The van der Waals surface area contributed by atoms with Gasteiger partial charge >= 0.3 is 12.5 Å². The molecule has 198 valence electrons. The lowest BCUT2D eigenvalue weighted by atomic mass is 10.1. The van der Waals surface area contributed by atoms with E-state index in [4.69, 9.17) is 10.1 Å². The van der Waals surface area contributed by atoms with Gasteiger partial charge in [0.05, 0.1) is 6.34 Å². The van der Waals surface area contributed by atoms with E-state index in [1.54, 1.807) is 12.1 Å². The Balaban J connectivity index is 1.25. The van der Waals surface area contributed by atoms with E-state index in [1.165, 1.54) is 30.6 Å². The van der Waals surface area contributed by atoms with Gasteiger partial charge in [0, 0.05) is 23.2 Å². The highest BCUT2D eigenvalue weighted by molar-refractivity contribution is 6.02. The van der Waals surface area contributed by atoms with Crippen LogP contribution in [0.5, 0.6) is 11.5 Å². The van der Waals surface area contributed by atoms with E-state index in [0.29, 0.717) is 17.0 Å². The fraction of sp³-hybridized carbons (Fsp3) is 0.250. The van der Waals surface area contributed by atoms with Crippen LogP contribution in [0.25, 0.3) is 0 Å². The van der Waals surface area contributed by atoms with Crippen molar-refractivity contribution in [3.8, 4) is 11.5 Å². The summed E-state index contributed by atoms with van der Waals surface area (Å²) in [6.45, 7) is 5.82. The quantitative estimate of drug-likeness (QED) is 0.239. The van der Waals surface area contributed by atoms with Crippen LogP contribution in [-0.2, 0) is 0 Å². The first-order valence-electron chi connectivity index (χ1n) is 11.9. The van der Waals surface area contributed by atoms with E-state index in [-0.39, 0.29) is 23.5 Å². The normalized spacial score (nSPS) is 16.7. The van der Waals surface area contributed by atoms with Crippen LogP contribution in [0.15, 0.2) is 65.7 Å². The number of rotatable bonds is 7. The molecule has 1 amide bonds. The number of aryl methyl sites for hydroxylation is 3. The molecule has 38 heavy (non-hydrogen) atoms. The first-order chi connectivity index (χ1) is 18.0. The highest BCUT2D eigenvalue weighted by Crippen LogP contribution is 2.41. The predicted molar refractivity (Wildman–Crippen MR) is 139 cm³/mol. The summed E-state index contributed by atoms with van der Waals surface area (Å²) in [5.41, 5.74) is 5.06. The van der Waals surface area contributed by atoms with E-state index in [2.05, 4.69) is 20.4 Å². The largest absolute Gasteiger partial charge is 0.573 e. The van der Waals surface area contributed by atoms with E-state index < -0.39 is 12.5 Å². The Hall–Kier alpha value is -4.34. The smallest absolute Gasteiger partial charge is 0.410 e. The molecule has 1 fully saturated rings. The number of alkyl halides is 3. The van der Waals surface area contributed by atoms with Gasteiger partial charge in [-0.15, -0.1) is 13.2 Å². The summed E-state index contributed by atoms with van der Waals surface area (Å²) in [5.74, 6) is 0.435. The summed E-state index contributed by atoms with van der Waals surface area (Å²) >= 11 is 0. The second kappa shape index (κ2) is 11.0. The molecule has 10 heteroatoms. The fourth-order valence-electron chi connectivity index (χ4n) is 4.21. The summed E-state index contributed by atoms with van der Waals surface area (Å²) in [6.07, 6.45) is -3.13. The van der Waals surface area contributed by atoms with Crippen molar-refractivity contribution in [1.29, 1.82) is 5.41 Å². The van der Waals surface area contributed by atoms with Gasteiger partial charge in [-0.2, -0.15) is 0 Å². The summed E-state index contributed by atoms with van der Waals surface area (Å²) in [4.78, 5) is 16.5. The molecule has 1 aliphatic carbocycles. The molecule has 0 heterocycles. The SMILES string of the molecule is Cc1cc(C)c(OC(=O)NC2CC2c2ccc(C(=N)/N=C\Nc3ccc(OC(F)(F)F)cc3)cc2)c(C)c1. The minimum Gasteiger partial charge on any atom is -0.410 e. The fourth-order valence-corrected chi connectivity index (χ4v) is 4.21. The summed E-state index contributed by atoms with van der Waals surface area (Å²) < 4.78 is 46.1. The Kier molecular flexibility index (Phi) is 7.70. The van der Waals surface area contributed by atoms with E-state index >= 15 is 0 Å². The number of carbonyl (C=O) groups excluding carboxylic acids is 1. The summed E-state index contributed by atoms with van der Waals surface area (Å²) in [7, 11) is 0. The van der Waals surface area contributed by atoms with E-state index in [1.807, 2.05) is 45.0 Å². The maximum absolute atomic E-state index is 12.4. The molecular formula is C28H27F3N4O3. The van der Waals surface area contributed by atoms with Gasteiger partial charge in [0.25, 0.3) is 0 Å². The van der Waals surface area contributed by atoms with Crippen LogP contribution in [0.4, 0.5) is 23.7 Å². The van der Waals surface area contributed by atoms with Gasteiger partial charge in [-0.3, -0.25) is 5.41 Å². The van der Waals surface area contributed by atoms with E-state index in [9.17, 15) is 18.0 Å². The molecule has 1 saturated carbocycles. The van der Waals surface area contributed by atoms with Gasteiger partial charge in [-0.25, -0.2) is 9.79 Å². The molecule has 1 aliphatic rings. The van der Waals surface area contributed by atoms with Gasteiger partial charge in [0.1, 0.15) is 11.5 Å². The number of anilines is 1. The third-order valence-electron chi connectivity index (χ3n) is 6.02. The van der Waals surface area contributed by atoms with Crippen molar-refractivity contribution in [3.63, 3.8) is 0 Å². The Bertz CT molecular complexity index is 1330. The second-order valence-corrected chi connectivity index (χ2v) is 9.16. The van der Waals surface area contributed by atoms with Gasteiger partial charge < -0.3 is 20.1 Å². The average molecular weight is 525 g/mol. The third kappa shape index (κ3) is 7.12. The number of carbonyl (C=O) groups is 1. The second-order valence-electron chi connectivity index (χ2n) is 9.16. The minimum atomic E-state index is -4.75. The monoisotopic (exact) mass is 524 g/mol. The molecule has 0 radical (unpaired) electrons. The maximum atomic E-state index is 12.4. The van der Waals surface area contributed by atoms with Crippen molar-refractivity contribution in [2.75, 3.05) is 5.32 Å². The minimum absolute atomic E-state index is 0.0129. The number of nitrogens with zero attached hydrogens (tertiary/aromatic N) is 1.